The zero-order valence-electron chi connectivity index (χ0n) is 12.4. The molecule has 0 aromatic heterocycles. The van der Waals surface area contributed by atoms with E-state index in [0.717, 1.165) is 19.5 Å². The third-order valence-corrected chi connectivity index (χ3v) is 3.76. The van der Waals surface area contributed by atoms with E-state index in [2.05, 4.69) is 56.4 Å². The van der Waals surface area contributed by atoms with Crippen molar-refractivity contribution in [3.63, 3.8) is 0 Å². The minimum Gasteiger partial charge on any atom is -0.313 e. The summed E-state index contributed by atoms with van der Waals surface area (Å²) in [4.78, 5) is 0. The van der Waals surface area contributed by atoms with Gasteiger partial charge in [-0.05, 0) is 55.5 Å². The lowest BCUT2D eigenvalue weighted by atomic mass is 9.96. The zero-order valence-corrected chi connectivity index (χ0v) is 12.4. The van der Waals surface area contributed by atoms with Crippen LogP contribution in [0, 0.1) is 0 Å². The normalized spacial score (nSPS) is 15.0. The van der Waals surface area contributed by atoms with Crippen LogP contribution in [0.25, 0.3) is 5.57 Å². The maximum atomic E-state index is 3.55. The van der Waals surface area contributed by atoms with E-state index in [0.29, 0.717) is 0 Å². The Morgan fingerprint density at radius 3 is 2.63 bits per heavy atom. The van der Waals surface area contributed by atoms with Crippen molar-refractivity contribution in [2.24, 2.45) is 0 Å². The molecule has 0 fully saturated rings. The Morgan fingerprint density at radius 1 is 1.16 bits per heavy atom. The molecule has 0 saturated carbocycles. The molecule has 0 unspecified atom stereocenters. The van der Waals surface area contributed by atoms with E-state index in [1.165, 1.54) is 40.7 Å². The van der Waals surface area contributed by atoms with Crippen LogP contribution in [0.5, 0.6) is 0 Å². The van der Waals surface area contributed by atoms with Crippen molar-refractivity contribution in [2.45, 2.75) is 46.6 Å². The molecule has 0 saturated heterocycles. The molecule has 19 heavy (non-hydrogen) atoms. The third-order valence-electron chi connectivity index (χ3n) is 3.76. The number of nitrogens with one attached hydrogen (secondary N) is 1. The van der Waals surface area contributed by atoms with Gasteiger partial charge >= 0.3 is 0 Å². The maximum absolute atomic E-state index is 3.55. The number of benzene rings is 1. The van der Waals surface area contributed by atoms with E-state index in [4.69, 9.17) is 0 Å². The van der Waals surface area contributed by atoms with Gasteiger partial charge in [0.15, 0.2) is 0 Å². The molecule has 1 aliphatic rings. The summed E-state index contributed by atoms with van der Waals surface area (Å²) in [6.07, 6.45) is 5.93. The summed E-state index contributed by atoms with van der Waals surface area (Å²) in [7, 11) is 0. The summed E-state index contributed by atoms with van der Waals surface area (Å²) in [5.41, 5.74) is 7.26. The van der Waals surface area contributed by atoms with Crippen LogP contribution in [0.4, 0.5) is 0 Å². The summed E-state index contributed by atoms with van der Waals surface area (Å²) in [5, 5.41) is 3.55. The van der Waals surface area contributed by atoms with Crippen LogP contribution in [0.2, 0.25) is 0 Å². The molecule has 0 radical (unpaired) electrons. The van der Waals surface area contributed by atoms with Crippen LogP contribution < -0.4 is 5.32 Å². The zero-order chi connectivity index (χ0) is 13.7. The molecule has 102 valence electrons. The summed E-state index contributed by atoms with van der Waals surface area (Å²) >= 11 is 0. The highest BCUT2D eigenvalue weighted by molar-refractivity contribution is 5.77. The van der Waals surface area contributed by atoms with Gasteiger partial charge in [-0.1, -0.05) is 49.3 Å². The second kappa shape index (κ2) is 6.72. The predicted octanol–water partition coefficient (Wildman–Crippen LogP) is 4.70. The van der Waals surface area contributed by atoms with Gasteiger partial charge in [-0.3, -0.25) is 0 Å². The van der Waals surface area contributed by atoms with Crippen LogP contribution in [0.3, 0.4) is 0 Å². The topological polar surface area (TPSA) is 12.0 Å². The molecule has 1 heteroatoms. The van der Waals surface area contributed by atoms with Gasteiger partial charge in [0.1, 0.15) is 0 Å². The fourth-order valence-electron chi connectivity index (χ4n) is 2.73. The highest BCUT2D eigenvalue weighted by atomic mass is 14.8. The Bertz CT molecular complexity index is 494. The molecule has 1 N–H and O–H groups in total. The minimum absolute atomic E-state index is 0.978. The van der Waals surface area contributed by atoms with Gasteiger partial charge in [0.25, 0.3) is 0 Å². The van der Waals surface area contributed by atoms with E-state index >= 15 is 0 Å². The Kier molecular flexibility index (Phi) is 4.98. The fourth-order valence-corrected chi connectivity index (χ4v) is 2.73. The molecule has 0 bridgehead atoms. The molecule has 2 rings (SSSR count). The molecular formula is C18H25N. The van der Waals surface area contributed by atoms with E-state index in [1.54, 1.807) is 0 Å². The first kappa shape index (κ1) is 14.1. The Labute approximate surface area is 117 Å². The summed E-state index contributed by atoms with van der Waals surface area (Å²) < 4.78 is 0. The molecule has 0 amide bonds. The minimum atomic E-state index is 0.978. The highest BCUT2D eigenvalue weighted by Gasteiger charge is 2.14. The number of allylic oxidation sites excluding steroid dienone is 4. The summed E-state index contributed by atoms with van der Waals surface area (Å²) in [6.45, 7) is 8.77. The molecule has 1 aromatic rings. The van der Waals surface area contributed by atoms with Crippen molar-refractivity contribution >= 4 is 5.57 Å². The number of unbranched alkanes of at least 4 members (excludes halogenated alkanes) is 1. The van der Waals surface area contributed by atoms with E-state index in [1.807, 2.05) is 0 Å². The molecular weight excluding hydrogens is 230 g/mol. The summed E-state index contributed by atoms with van der Waals surface area (Å²) in [5.74, 6) is 0. The largest absolute Gasteiger partial charge is 0.313 e. The van der Waals surface area contributed by atoms with Crippen LogP contribution in [-0.4, -0.2) is 6.54 Å². The number of hydrogen-bond acceptors (Lipinski definition) is 1. The van der Waals surface area contributed by atoms with Gasteiger partial charge in [-0.2, -0.15) is 0 Å². The van der Waals surface area contributed by atoms with Gasteiger partial charge in [0.2, 0.25) is 0 Å². The van der Waals surface area contributed by atoms with Crippen LogP contribution >= 0.6 is 0 Å². The highest BCUT2D eigenvalue weighted by Crippen LogP contribution is 2.34. The van der Waals surface area contributed by atoms with Gasteiger partial charge in [0.05, 0.1) is 0 Å². The van der Waals surface area contributed by atoms with E-state index in [-0.39, 0.29) is 0 Å². The standard InChI is InChI=1S/C18H25N/c1-4-5-10-19-13-16-8-6-7-9-17(16)18-12-14(2)11-15(18)3/h6-9,11,19H,4-5,10,12-13H2,1-3H3. The second-order valence-corrected chi connectivity index (χ2v) is 5.52. The SMILES string of the molecule is CCCCNCc1ccccc1C1=C(C)C=C(C)C1. The number of rotatable bonds is 6. The molecule has 1 aliphatic carbocycles. The molecule has 0 heterocycles. The molecule has 1 nitrogen and oxygen atoms in total. The first-order chi connectivity index (χ1) is 9.22. The van der Waals surface area contributed by atoms with E-state index < -0.39 is 0 Å². The van der Waals surface area contributed by atoms with Crippen molar-refractivity contribution in [1.29, 1.82) is 0 Å². The van der Waals surface area contributed by atoms with Gasteiger partial charge in [-0.25, -0.2) is 0 Å². The smallest absolute Gasteiger partial charge is 0.0211 e. The van der Waals surface area contributed by atoms with Gasteiger partial charge in [0, 0.05) is 6.54 Å². The molecule has 0 aliphatic heterocycles. The maximum Gasteiger partial charge on any atom is 0.0211 e. The Hall–Kier alpha value is -1.34. The van der Waals surface area contributed by atoms with E-state index in [9.17, 15) is 0 Å². The van der Waals surface area contributed by atoms with Crippen LogP contribution in [-0.2, 0) is 6.54 Å². The quantitative estimate of drug-likeness (QED) is 0.726. The van der Waals surface area contributed by atoms with Crippen molar-refractivity contribution in [1.82, 2.24) is 5.32 Å². The molecule has 0 spiro atoms. The van der Waals surface area contributed by atoms with Crippen LogP contribution in [0.1, 0.15) is 51.2 Å². The lowest BCUT2D eigenvalue weighted by Gasteiger charge is -2.13. The lowest BCUT2D eigenvalue weighted by molar-refractivity contribution is 0.641. The van der Waals surface area contributed by atoms with Gasteiger partial charge < -0.3 is 5.32 Å². The van der Waals surface area contributed by atoms with Crippen molar-refractivity contribution in [3.8, 4) is 0 Å². The van der Waals surface area contributed by atoms with Crippen molar-refractivity contribution < 1.29 is 0 Å². The Morgan fingerprint density at radius 2 is 1.95 bits per heavy atom. The predicted molar refractivity (Wildman–Crippen MR) is 84.0 cm³/mol. The average Bonchev–Trinajstić information content (AvgIpc) is 2.74. The first-order valence-corrected chi connectivity index (χ1v) is 7.38. The third kappa shape index (κ3) is 3.57. The second-order valence-electron chi connectivity index (χ2n) is 5.52. The van der Waals surface area contributed by atoms with Gasteiger partial charge in [-0.15, -0.1) is 0 Å². The van der Waals surface area contributed by atoms with Crippen molar-refractivity contribution in [3.05, 3.63) is 52.6 Å². The van der Waals surface area contributed by atoms with Crippen molar-refractivity contribution in [2.75, 3.05) is 6.54 Å². The fraction of sp³-hybridized carbons (Fsp3) is 0.444. The monoisotopic (exact) mass is 255 g/mol. The average molecular weight is 255 g/mol. The molecule has 1 aromatic carbocycles. The first-order valence-electron chi connectivity index (χ1n) is 7.38. The van der Waals surface area contributed by atoms with Crippen LogP contribution in [0.15, 0.2) is 41.5 Å². The Balaban J connectivity index is 2.11. The molecule has 0 atom stereocenters. The summed E-state index contributed by atoms with van der Waals surface area (Å²) in [6, 6.07) is 8.81. The lowest BCUT2D eigenvalue weighted by Crippen LogP contribution is -2.15. The number of hydrogen-bond donors (Lipinski definition) is 1.